The summed E-state index contributed by atoms with van der Waals surface area (Å²) in [6.07, 6.45) is 6.23. The fraction of sp³-hybridized carbons (Fsp3) is 0.292. The maximum absolute atomic E-state index is 6.24. The summed E-state index contributed by atoms with van der Waals surface area (Å²) >= 11 is 1.61. The van der Waals surface area contributed by atoms with E-state index in [0.29, 0.717) is 5.84 Å². The topological polar surface area (TPSA) is 82.9 Å². The fourth-order valence-corrected chi connectivity index (χ4v) is 3.53. The molecule has 0 saturated carbocycles. The Morgan fingerprint density at radius 2 is 1.77 bits per heavy atom. The number of nitrogens with one attached hydrogen (secondary N) is 1. The van der Waals surface area contributed by atoms with Crippen molar-refractivity contribution < 1.29 is 0 Å². The van der Waals surface area contributed by atoms with Crippen molar-refractivity contribution in [3.05, 3.63) is 71.8 Å². The van der Waals surface area contributed by atoms with Crippen LogP contribution in [0.3, 0.4) is 0 Å². The van der Waals surface area contributed by atoms with E-state index in [2.05, 4.69) is 40.8 Å². The first kappa shape index (κ1) is 26.3. The van der Waals surface area contributed by atoms with Gasteiger partial charge in [-0.1, -0.05) is 44.2 Å². The van der Waals surface area contributed by atoms with Gasteiger partial charge in [0.1, 0.15) is 0 Å². The second-order valence-corrected chi connectivity index (χ2v) is 8.00. The number of nitrogens with two attached hydrogens (primary N) is 2. The van der Waals surface area contributed by atoms with Crippen LogP contribution < -0.4 is 16.9 Å². The normalized spacial score (nSPS) is 12.0. The van der Waals surface area contributed by atoms with E-state index in [1.165, 1.54) is 10.7 Å². The monoisotopic (exact) mass is 440 g/mol. The van der Waals surface area contributed by atoms with Gasteiger partial charge in [-0.25, -0.2) is 11.0 Å². The average Bonchev–Trinajstić information content (AvgIpc) is 2.74. The zero-order chi connectivity index (χ0) is 23.4. The quantitative estimate of drug-likeness (QED) is 0.127. The molecule has 0 spiro atoms. The van der Waals surface area contributed by atoms with Gasteiger partial charge in [0, 0.05) is 28.9 Å². The smallest absolute Gasteiger partial charge is 0.154 e. The highest BCUT2D eigenvalue weighted by Gasteiger charge is 2.11. The van der Waals surface area contributed by atoms with Crippen molar-refractivity contribution in [1.29, 1.82) is 0 Å². The van der Waals surface area contributed by atoms with Crippen LogP contribution in [0, 0.1) is 0 Å². The van der Waals surface area contributed by atoms with Crippen molar-refractivity contribution in [2.75, 3.05) is 26.5 Å². The van der Waals surface area contributed by atoms with Crippen molar-refractivity contribution in [2.24, 2.45) is 16.7 Å². The number of allylic oxidation sites excluding steroid dienone is 4. The average molecular weight is 441 g/mol. The molecule has 0 atom stereocenters. The minimum absolute atomic E-state index is 0.345. The molecule has 168 valence electrons. The third kappa shape index (κ3) is 8.49. The van der Waals surface area contributed by atoms with Gasteiger partial charge in [0.15, 0.2) is 5.84 Å². The number of hydrogen-bond acceptors (Lipinski definition) is 6. The molecule has 0 unspecified atom stereocenters. The Labute approximate surface area is 191 Å². The molecule has 2 rings (SSSR count). The summed E-state index contributed by atoms with van der Waals surface area (Å²) in [5.74, 6) is 6.01. The molecule has 0 aliphatic carbocycles. The Bertz CT molecular complexity index is 916. The highest BCUT2D eigenvalue weighted by molar-refractivity contribution is 7.97. The molecule has 0 saturated heterocycles. The van der Waals surface area contributed by atoms with E-state index < -0.39 is 0 Å². The van der Waals surface area contributed by atoms with Gasteiger partial charge in [-0.05, 0) is 81.4 Å². The number of anilines is 2. The minimum atomic E-state index is 0.345. The molecule has 0 aromatic heterocycles. The van der Waals surface area contributed by atoms with Crippen LogP contribution in [0.2, 0.25) is 0 Å². The SMILES string of the molecule is C/C=C\C(=C/C)c1cccc(Nc2ccc(SN(C)C)cc2/C(N)=N/N(C)N)c1.CC. The zero-order valence-corrected chi connectivity index (χ0v) is 20.5. The van der Waals surface area contributed by atoms with Crippen LogP contribution in [0.4, 0.5) is 11.4 Å². The van der Waals surface area contributed by atoms with Gasteiger partial charge in [0.25, 0.3) is 0 Å². The number of hydrogen-bond donors (Lipinski definition) is 3. The van der Waals surface area contributed by atoms with Crippen LogP contribution in [0.15, 0.2) is 70.7 Å². The minimum Gasteiger partial charge on any atom is -0.382 e. The van der Waals surface area contributed by atoms with Gasteiger partial charge in [0.05, 0.1) is 0 Å². The molecule has 0 radical (unpaired) electrons. The van der Waals surface area contributed by atoms with E-state index in [1.54, 1.807) is 19.0 Å². The summed E-state index contributed by atoms with van der Waals surface area (Å²) in [5.41, 5.74) is 11.2. The largest absolute Gasteiger partial charge is 0.382 e. The first-order chi connectivity index (χ1) is 14.8. The van der Waals surface area contributed by atoms with E-state index in [1.807, 2.05) is 76.4 Å². The van der Waals surface area contributed by atoms with Crippen molar-refractivity contribution in [3.63, 3.8) is 0 Å². The summed E-state index contributed by atoms with van der Waals surface area (Å²) in [6, 6.07) is 14.3. The molecule has 5 N–H and O–H groups in total. The zero-order valence-electron chi connectivity index (χ0n) is 19.7. The molecule has 0 fully saturated rings. The van der Waals surface area contributed by atoms with Gasteiger partial charge >= 0.3 is 0 Å². The maximum atomic E-state index is 6.24. The third-order valence-electron chi connectivity index (χ3n) is 3.95. The third-order valence-corrected chi connectivity index (χ3v) is 4.78. The number of rotatable bonds is 8. The molecule has 0 aliphatic rings. The van der Waals surface area contributed by atoms with Gasteiger partial charge in [0.2, 0.25) is 0 Å². The molecule has 31 heavy (non-hydrogen) atoms. The maximum Gasteiger partial charge on any atom is 0.154 e. The van der Waals surface area contributed by atoms with Gasteiger partial charge < -0.3 is 11.1 Å². The molecule has 6 nitrogen and oxygen atoms in total. The van der Waals surface area contributed by atoms with Crippen LogP contribution in [0.25, 0.3) is 5.57 Å². The number of hydrazine groups is 1. The number of benzene rings is 2. The molecule has 0 heterocycles. The Balaban J connectivity index is 0.00000233. The predicted molar refractivity (Wildman–Crippen MR) is 138 cm³/mol. The second-order valence-electron chi connectivity index (χ2n) is 6.62. The molecule has 0 bridgehead atoms. The molecule has 7 heteroatoms. The Hall–Kier alpha value is -2.74. The Morgan fingerprint density at radius 3 is 2.35 bits per heavy atom. The standard InChI is InChI=1S/C22H30N6S.C2H6/c1-6-9-16(7-2)17-10-8-11-18(14-17)25-21-13-12-19(29-27(3)4)15-20(21)22(23)26-28(5)24;1-2/h6-15,25H,24H2,1-5H3,(H2,23,26);1-2H3/b9-6-,16-7+;. The second kappa shape index (κ2) is 13.5. The van der Waals surface area contributed by atoms with Crippen LogP contribution in [0.1, 0.15) is 38.8 Å². The van der Waals surface area contributed by atoms with Crippen LogP contribution in [0.5, 0.6) is 0 Å². The molecular formula is C24H36N6S. The van der Waals surface area contributed by atoms with Crippen LogP contribution >= 0.6 is 11.9 Å². The predicted octanol–water partition coefficient (Wildman–Crippen LogP) is 5.43. The van der Waals surface area contributed by atoms with Crippen LogP contribution in [-0.2, 0) is 0 Å². The lowest BCUT2D eigenvalue weighted by Gasteiger charge is -2.16. The van der Waals surface area contributed by atoms with Crippen molar-refractivity contribution in [1.82, 2.24) is 9.42 Å². The Kier molecular flexibility index (Phi) is 11.5. The lowest BCUT2D eigenvalue weighted by molar-refractivity contribution is 0.371. The summed E-state index contributed by atoms with van der Waals surface area (Å²) < 4.78 is 2.03. The lowest BCUT2D eigenvalue weighted by Crippen LogP contribution is -2.26. The van der Waals surface area contributed by atoms with Crippen molar-refractivity contribution >= 4 is 34.7 Å². The van der Waals surface area contributed by atoms with Gasteiger partial charge in [-0.3, -0.25) is 4.31 Å². The molecule has 2 aromatic carbocycles. The molecular weight excluding hydrogens is 404 g/mol. The summed E-state index contributed by atoms with van der Waals surface area (Å²) in [4.78, 5) is 1.06. The lowest BCUT2D eigenvalue weighted by atomic mass is 10.0. The first-order valence-corrected chi connectivity index (χ1v) is 11.1. The first-order valence-electron chi connectivity index (χ1n) is 10.3. The highest BCUT2D eigenvalue weighted by Crippen LogP contribution is 2.29. The molecule has 0 amide bonds. The van der Waals surface area contributed by atoms with E-state index in [9.17, 15) is 0 Å². The van der Waals surface area contributed by atoms with E-state index in [4.69, 9.17) is 11.6 Å². The Morgan fingerprint density at radius 1 is 1.06 bits per heavy atom. The summed E-state index contributed by atoms with van der Waals surface area (Å²) in [5, 5.41) is 8.86. The van der Waals surface area contributed by atoms with E-state index in [0.717, 1.165) is 27.4 Å². The van der Waals surface area contributed by atoms with Gasteiger partial charge in [-0.2, -0.15) is 0 Å². The molecule has 2 aromatic rings. The van der Waals surface area contributed by atoms with Gasteiger partial charge in [-0.15, -0.1) is 5.10 Å². The summed E-state index contributed by atoms with van der Waals surface area (Å²) in [7, 11) is 5.63. The van der Waals surface area contributed by atoms with E-state index in [-0.39, 0.29) is 0 Å². The number of amidine groups is 1. The number of hydrazone groups is 1. The fourth-order valence-electron chi connectivity index (χ4n) is 2.81. The van der Waals surface area contributed by atoms with E-state index >= 15 is 0 Å². The highest BCUT2D eigenvalue weighted by atomic mass is 32.2. The van der Waals surface area contributed by atoms with Crippen molar-refractivity contribution in [3.8, 4) is 0 Å². The molecule has 0 aliphatic heterocycles. The van der Waals surface area contributed by atoms with Crippen LogP contribution in [-0.4, -0.2) is 36.4 Å². The number of nitrogens with zero attached hydrogens (tertiary/aromatic N) is 3. The summed E-state index contributed by atoms with van der Waals surface area (Å²) in [6.45, 7) is 8.05. The van der Waals surface area contributed by atoms with Crippen molar-refractivity contribution in [2.45, 2.75) is 32.6 Å².